The van der Waals surface area contributed by atoms with Crippen LogP contribution in [-0.2, 0) is 0 Å². The zero-order valence-corrected chi connectivity index (χ0v) is 12.7. The fraction of sp³-hybridized carbons (Fsp3) is 0.211. The van der Waals surface area contributed by atoms with Crippen molar-refractivity contribution >= 4 is 10.8 Å². The van der Waals surface area contributed by atoms with E-state index in [1.807, 2.05) is 20.9 Å². The Morgan fingerprint density at radius 1 is 0.810 bits per heavy atom. The standard InChI is InChI=1S/C19H20N2/c1-13-10-18(11-14(2)21-13)19(20-3)17-9-8-15-6-4-5-7-16(15)12-17/h4-12,19-20H,1-3H3. The molecule has 106 valence electrons. The SMILES string of the molecule is CNC(c1cc(C)nc(C)c1)c1ccc2ccccc2c1. The molecule has 0 saturated carbocycles. The number of aryl methyl sites for hydroxylation is 2. The number of rotatable bonds is 3. The highest BCUT2D eigenvalue weighted by molar-refractivity contribution is 5.83. The van der Waals surface area contributed by atoms with E-state index in [1.54, 1.807) is 0 Å². The summed E-state index contributed by atoms with van der Waals surface area (Å²) in [6.45, 7) is 4.09. The van der Waals surface area contributed by atoms with E-state index < -0.39 is 0 Å². The molecule has 0 bridgehead atoms. The molecular formula is C19H20N2. The Labute approximate surface area is 125 Å². The first-order valence-electron chi connectivity index (χ1n) is 7.28. The van der Waals surface area contributed by atoms with Crippen molar-refractivity contribution in [3.8, 4) is 0 Å². The Morgan fingerprint density at radius 3 is 2.14 bits per heavy atom. The Bertz CT molecular complexity index is 757. The maximum absolute atomic E-state index is 4.47. The zero-order chi connectivity index (χ0) is 14.8. The van der Waals surface area contributed by atoms with E-state index in [0.717, 1.165) is 11.4 Å². The van der Waals surface area contributed by atoms with E-state index in [4.69, 9.17) is 0 Å². The summed E-state index contributed by atoms with van der Waals surface area (Å²) in [6, 6.07) is 19.6. The molecule has 1 unspecified atom stereocenters. The predicted octanol–water partition coefficient (Wildman–Crippen LogP) is 4.16. The Kier molecular flexibility index (Phi) is 3.72. The van der Waals surface area contributed by atoms with E-state index in [2.05, 4.69) is 64.9 Å². The van der Waals surface area contributed by atoms with Crippen molar-refractivity contribution in [2.24, 2.45) is 0 Å². The molecule has 0 radical (unpaired) electrons. The molecule has 21 heavy (non-hydrogen) atoms. The van der Waals surface area contributed by atoms with Gasteiger partial charge in [0.25, 0.3) is 0 Å². The van der Waals surface area contributed by atoms with Gasteiger partial charge >= 0.3 is 0 Å². The van der Waals surface area contributed by atoms with Crippen molar-refractivity contribution in [2.45, 2.75) is 19.9 Å². The van der Waals surface area contributed by atoms with Crippen molar-refractivity contribution in [2.75, 3.05) is 7.05 Å². The summed E-state index contributed by atoms with van der Waals surface area (Å²) in [5, 5.41) is 5.98. The molecule has 1 heterocycles. The third kappa shape index (κ3) is 2.81. The minimum atomic E-state index is 0.190. The second-order valence-electron chi connectivity index (χ2n) is 5.51. The highest BCUT2D eigenvalue weighted by Gasteiger charge is 2.13. The Morgan fingerprint density at radius 2 is 1.48 bits per heavy atom. The Balaban J connectivity index is 2.08. The summed E-state index contributed by atoms with van der Waals surface area (Å²) in [5.74, 6) is 0. The van der Waals surface area contributed by atoms with Crippen LogP contribution in [0.5, 0.6) is 0 Å². The maximum atomic E-state index is 4.47. The number of aromatic nitrogens is 1. The summed E-state index contributed by atoms with van der Waals surface area (Å²) in [5.41, 5.74) is 4.66. The average Bonchev–Trinajstić information content (AvgIpc) is 2.47. The van der Waals surface area contributed by atoms with Crippen molar-refractivity contribution in [3.05, 3.63) is 77.1 Å². The molecule has 0 fully saturated rings. The number of benzene rings is 2. The summed E-state index contributed by atoms with van der Waals surface area (Å²) < 4.78 is 0. The molecule has 1 N–H and O–H groups in total. The van der Waals surface area contributed by atoms with Crippen molar-refractivity contribution < 1.29 is 0 Å². The molecule has 3 aromatic rings. The number of hydrogen-bond donors (Lipinski definition) is 1. The lowest BCUT2D eigenvalue weighted by Crippen LogP contribution is -2.18. The third-order valence-corrected chi connectivity index (χ3v) is 3.83. The van der Waals surface area contributed by atoms with Crippen LogP contribution in [0.25, 0.3) is 10.8 Å². The van der Waals surface area contributed by atoms with E-state index >= 15 is 0 Å². The van der Waals surface area contributed by atoms with Gasteiger partial charge in [-0.05, 0) is 61.0 Å². The largest absolute Gasteiger partial charge is 0.309 e. The summed E-state index contributed by atoms with van der Waals surface area (Å²) in [6.07, 6.45) is 0. The topological polar surface area (TPSA) is 24.9 Å². The number of pyridine rings is 1. The highest BCUT2D eigenvalue weighted by atomic mass is 14.9. The van der Waals surface area contributed by atoms with Gasteiger partial charge in [0.2, 0.25) is 0 Å². The molecule has 0 saturated heterocycles. The van der Waals surface area contributed by atoms with Gasteiger partial charge in [-0.3, -0.25) is 4.98 Å². The van der Waals surface area contributed by atoms with Gasteiger partial charge in [-0.2, -0.15) is 0 Å². The fourth-order valence-electron chi connectivity index (χ4n) is 2.95. The van der Waals surface area contributed by atoms with Gasteiger partial charge in [-0.1, -0.05) is 36.4 Å². The smallest absolute Gasteiger partial charge is 0.0575 e. The van der Waals surface area contributed by atoms with Crippen LogP contribution < -0.4 is 5.32 Å². The monoisotopic (exact) mass is 276 g/mol. The van der Waals surface area contributed by atoms with Crippen LogP contribution in [0.2, 0.25) is 0 Å². The second-order valence-corrected chi connectivity index (χ2v) is 5.51. The molecule has 2 heteroatoms. The van der Waals surface area contributed by atoms with E-state index in [-0.39, 0.29) is 6.04 Å². The van der Waals surface area contributed by atoms with Gasteiger partial charge in [0.15, 0.2) is 0 Å². The molecule has 0 aliphatic rings. The first kappa shape index (κ1) is 13.8. The minimum absolute atomic E-state index is 0.190. The molecule has 0 aliphatic carbocycles. The van der Waals surface area contributed by atoms with Crippen LogP contribution in [0.1, 0.15) is 28.6 Å². The number of nitrogens with one attached hydrogen (secondary N) is 1. The van der Waals surface area contributed by atoms with Gasteiger partial charge in [0.05, 0.1) is 6.04 Å². The number of fused-ring (bicyclic) bond motifs is 1. The number of hydrogen-bond acceptors (Lipinski definition) is 2. The zero-order valence-electron chi connectivity index (χ0n) is 12.7. The van der Waals surface area contributed by atoms with Crippen molar-refractivity contribution in [3.63, 3.8) is 0 Å². The Hall–Kier alpha value is -2.19. The molecular weight excluding hydrogens is 256 g/mol. The summed E-state index contributed by atoms with van der Waals surface area (Å²) in [4.78, 5) is 4.47. The number of nitrogens with zero attached hydrogens (tertiary/aromatic N) is 1. The molecule has 0 spiro atoms. The van der Waals surface area contributed by atoms with Gasteiger partial charge < -0.3 is 5.32 Å². The molecule has 2 nitrogen and oxygen atoms in total. The predicted molar refractivity (Wildman–Crippen MR) is 88.6 cm³/mol. The lowest BCUT2D eigenvalue weighted by molar-refractivity contribution is 0.689. The third-order valence-electron chi connectivity index (χ3n) is 3.83. The van der Waals surface area contributed by atoms with Crippen LogP contribution in [0, 0.1) is 13.8 Å². The van der Waals surface area contributed by atoms with E-state index in [0.29, 0.717) is 0 Å². The molecule has 1 aromatic heterocycles. The van der Waals surface area contributed by atoms with Crippen LogP contribution in [0.3, 0.4) is 0 Å². The van der Waals surface area contributed by atoms with Crippen LogP contribution in [0.15, 0.2) is 54.6 Å². The van der Waals surface area contributed by atoms with Crippen LogP contribution in [-0.4, -0.2) is 12.0 Å². The second kappa shape index (κ2) is 5.66. The van der Waals surface area contributed by atoms with Crippen LogP contribution >= 0.6 is 0 Å². The van der Waals surface area contributed by atoms with Gasteiger partial charge in [-0.25, -0.2) is 0 Å². The van der Waals surface area contributed by atoms with E-state index in [1.165, 1.54) is 21.9 Å². The lowest BCUT2D eigenvalue weighted by Gasteiger charge is -2.19. The normalized spacial score (nSPS) is 12.5. The molecule has 2 aromatic carbocycles. The highest BCUT2D eigenvalue weighted by Crippen LogP contribution is 2.26. The molecule has 0 aliphatic heterocycles. The fourth-order valence-corrected chi connectivity index (χ4v) is 2.95. The first-order valence-corrected chi connectivity index (χ1v) is 7.28. The molecule has 1 atom stereocenters. The van der Waals surface area contributed by atoms with E-state index in [9.17, 15) is 0 Å². The van der Waals surface area contributed by atoms with Gasteiger partial charge in [-0.15, -0.1) is 0 Å². The van der Waals surface area contributed by atoms with Gasteiger partial charge in [0, 0.05) is 11.4 Å². The van der Waals surface area contributed by atoms with Crippen molar-refractivity contribution in [1.82, 2.24) is 10.3 Å². The summed E-state index contributed by atoms with van der Waals surface area (Å²) >= 11 is 0. The van der Waals surface area contributed by atoms with Crippen LogP contribution in [0.4, 0.5) is 0 Å². The molecule has 3 rings (SSSR count). The first-order chi connectivity index (χ1) is 10.2. The minimum Gasteiger partial charge on any atom is -0.309 e. The quantitative estimate of drug-likeness (QED) is 0.777. The van der Waals surface area contributed by atoms with Gasteiger partial charge in [0.1, 0.15) is 0 Å². The molecule has 0 amide bonds. The average molecular weight is 276 g/mol. The van der Waals surface area contributed by atoms with Crippen molar-refractivity contribution in [1.29, 1.82) is 0 Å². The summed E-state index contributed by atoms with van der Waals surface area (Å²) in [7, 11) is 2.00. The lowest BCUT2D eigenvalue weighted by atomic mass is 9.96. The maximum Gasteiger partial charge on any atom is 0.0575 e.